The molecule has 2 heterocycles. The first-order valence-electron chi connectivity index (χ1n) is 8.43. The van der Waals surface area contributed by atoms with Crippen LogP contribution in [-0.4, -0.2) is 27.6 Å². The highest BCUT2D eigenvalue weighted by Crippen LogP contribution is 2.30. The monoisotopic (exact) mass is 387 g/mol. The second-order valence-corrected chi connectivity index (χ2v) is 7.64. The van der Waals surface area contributed by atoms with E-state index in [1.165, 1.54) is 6.33 Å². The number of nitrogen functional groups attached to an aromatic ring is 1. The first-order chi connectivity index (χ1) is 12.7. The lowest BCUT2D eigenvalue weighted by Crippen LogP contribution is -2.21. The number of amides is 1. The molecular formula is C19H22ClN5O2. The van der Waals surface area contributed by atoms with E-state index in [4.69, 9.17) is 22.1 Å². The van der Waals surface area contributed by atoms with Crippen LogP contribution in [0.5, 0.6) is 0 Å². The minimum absolute atomic E-state index is 0.265. The van der Waals surface area contributed by atoms with Crippen LogP contribution in [-0.2, 0) is 16.9 Å². The van der Waals surface area contributed by atoms with E-state index in [1.54, 1.807) is 25.4 Å². The molecule has 8 heteroatoms. The van der Waals surface area contributed by atoms with Gasteiger partial charge in [-0.15, -0.1) is 0 Å². The molecule has 0 saturated heterocycles. The van der Waals surface area contributed by atoms with E-state index in [1.807, 2.05) is 31.4 Å². The summed E-state index contributed by atoms with van der Waals surface area (Å²) in [5.41, 5.74) is 8.23. The van der Waals surface area contributed by atoms with Gasteiger partial charge in [-0.25, -0.2) is 9.97 Å². The molecule has 2 aromatic heterocycles. The summed E-state index contributed by atoms with van der Waals surface area (Å²) >= 11 is 6.25. The zero-order chi connectivity index (χ0) is 19.8. The van der Waals surface area contributed by atoms with E-state index in [0.29, 0.717) is 33.9 Å². The van der Waals surface area contributed by atoms with Crippen LogP contribution in [0.4, 0.5) is 11.5 Å². The molecule has 0 saturated carbocycles. The summed E-state index contributed by atoms with van der Waals surface area (Å²) in [4.78, 5) is 21.3. The molecule has 0 aliphatic heterocycles. The molecule has 0 aliphatic rings. The summed E-state index contributed by atoms with van der Waals surface area (Å²) in [6, 6.07) is 5.29. The van der Waals surface area contributed by atoms with Gasteiger partial charge in [0.1, 0.15) is 17.8 Å². The Labute approximate surface area is 162 Å². The molecule has 1 amide bonds. The second kappa shape index (κ2) is 7.17. The number of hydrogen-bond acceptors (Lipinski definition) is 5. The van der Waals surface area contributed by atoms with Crippen LogP contribution < -0.4 is 11.1 Å². The molecule has 0 radical (unpaired) electrons. The fourth-order valence-corrected chi connectivity index (χ4v) is 3.10. The molecule has 0 aliphatic carbocycles. The minimum atomic E-state index is -0.306. The third kappa shape index (κ3) is 3.74. The Morgan fingerprint density at radius 3 is 2.70 bits per heavy atom. The topological polar surface area (TPSA) is 95.1 Å². The summed E-state index contributed by atoms with van der Waals surface area (Å²) in [7, 11) is 1.60. The Morgan fingerprint density at radius 1 is 1.33 bits per heavy atom. The highest BCUT2D eigenvalue weighted by Gasteiger charge is 2.24. The van der Waals surface area contributed by atoms with Crippen LogP contribution >= 0.6 is 11.6 Å². The van der Waals surface area contributed by atoms with Crippen LogP contribution in [0.25, 0.3) is 11.0 Å². The summed E-state index contributed by atoms with van der Waals surface area (Å²) in [5, 5.41) is 3.92. The average Bonchev–Trinajstić information content (AvgIpc) is 2.99. The maximum Gasteiger partial charge on any atom is 0.258 e. The number of hydrogen-bond donors (Lipinski definition) is 2. The number of anilines is 2. The number of benzene rings is 1. The first-order valence-corrected chi connectivity index (χ1v) is 8.81. The largest absolute Gasteiger partial charge is 0.383 e. The van der Waals surface area contributed by atoms with Crippen LogP contribution in [0.2, 0.25) is 5.02 Å². The molecule has 142 valence electrons. The van der Waals surface area contributed by atoms with Gasteiger partial charge in [-0.1, -0.05) is 17.7 Å². The quantitative estimate of drug-likeness (QED) is 0.709. The molecule has 1 aromatic carbocycles. The van der Waals surface area contributed by atoms with E-state index in [9.17, 15) is 4.79 Å². The average molecular weight is 388 g/mol. The molecule has 0 fully saturated rings. The molecule has 7 nitrogen and oxygen atoms in total. The lowest BCUT2D eigenvalue weighted by atomic mass is 10.1. The standard InChI is InChI=1S/C19H22ClN5O2/c1-19(2,3)25-8-13(15-16(21)22-10-23-17(15)25)18(26)24-12-6-5-11(9-27-4)14(20)7-12/h5-8,10H,9H2,1-4H3,(H,24,26)(H2,21,22,23). The number of aromatic nitrogens is 3. The fraction of sp³-hybridized carbons (Fsp3) is 0.316. The summed E-state index contributed by atoms with van der Waals surface area (Å²) in [6.07, 6.45) is 3.15. The molecule has 0 spiro atoms. The number of nitrogens with zero attached hydrogens (tertiary/aromatic N) is 3. The van der Waals surface area contributed by atoms with Crippen molar-refractivity contribution in [3.63, 3.8) is 0 Å². The molecular weight excluding hydrogens is 366 g/mol. The number of nitrogens with one attached hydrogen (secondary N) is 1. The number of rotatable bonds is 4. The van der Waals surface area contributed by atoms with E-state index < -0.39 is 0 Å². The molecule has 3 N–H and O–H groups in total. The van der Waals surface area contributed by atoms with Crippen molar-refractivity contribution in [3.8, 4) is 0 Å². The van der Waals surface area contributed by atoms with Gasteiger partial charge in [0.15, 0.2) is 0 Å². The van der Waals surface area contributed by atoms with E-state index in [-0.39, 0.29) is 17.3 Å². The fourth-order valence-electron chi connectivity index (χ4n) is 2.86. The van der Waals surface area contributed by atoms with Crippen LogP contribution in [0.15, 0.2) is 30.7 Å². The van der Waals surface area contributed by atoms with Crippen molar-refractivity contribution in [2.24, 2.45) is 0 Å². The van der Waals surface area contributed by atoms with E-state index in [2.05, 4.69) is 15.3 Å². The van der Waals surface area contributed by atoms with Crippen molar-refractivity contribution in [1.29, 1.82) is 0 Å². The smallest absolute Gasteiger partial charge is 0.258 e. The molecule has 0 atom stereocenters. The third-order valence-electron chi connectivity index (χ3n) is 4.19. The number of halogens is 1. The van der Waals surface area contributed by atoms with Crippen molar-refractivity contribution < 1.29 is 9.53 Å². The normalized spacial score (nSPS) is 11.7. The predicted molar refractivity (Wildman–Crippen MR) is 107 cm³/mol. The lowest BCUT2D eigenvalue weighted by Gasteiger charge is -2.21. The summed E-state index contributed by atoms with van der Waals surface area (Å²) < 4.78 is 7.01. The van der Waals surface area contributed by atoms with Gasteiger partial charge in [0, 0.05) is 29.6 Å². The van der Waals surface area contributed by atoms with Gasteiger partial charge in [0.2, 0.25) is 0 Å². The Morgan fingerprint density at radius 2 is 2.07 bits per heavy atom. The van der Waals surface area contributed by atoms with E-state index >= 15 is 0 Å². The van der Waals surface area contributed by atoms with Crippen molar-refractivity contribution in [1.82, 2.24) is 14.5 Å². The number of fused-ring (bicyclic) bond motifs is 1. The van der Waals surface area contributed by atoms with Gasteiger partial charge >= 0.3 is 0 Å². The summed E-state index contributed by atoms with van der Waals surface area (Å²) in [5.74, 6) is -0.0401. The molecule has 0 unspecified atom stereocenters. The van der Waals surface area contributed by atoms with Gasteiger partial charge in [0.05, 0.1) is 17.6 Å². The Balaban J connectivity index is 2.00. The summed E-state index contributed by atoms with van der Waals surface area (Å²) in [6.45, 7) is 6.49. The number of nitrogens with two attached hydrogens (primary N) is 1. The van der Waals surface area contributed by atoms with Gasteiger partial charge in [0.25, 0.3) is 5.91 Å². The minimum Gasteiger partial charge on any atom is -0.383 e. The van der Waals surface area contributed by atoms with Gasteiger partial charge in [-0.3, -0.25) is 4.79 Å². The highest BCUT2D eigenvalue weighted by molar-refractivity contribution is 6.31. The Hall–Kier alpha value is -2.64. The maximum absolute atomic E-state index is 12.9. The predicted octanol–water partition coefficient (Wildman–Crippen LogP) is 3.82. The second-order valence-electron chi connectivity index (χ2n) is 7.23. The lowest BCUT2D eigenvalue weighted by molar-refractivity contribution is 0.102. The van der Waals surface area contributed by atoms with Crippen molar-refractivity contribution in [2.45, 2.75) is 32.9 Å². The number of ether oxygens (including phenoxy) is 1. The SMILES string of the molecule is COCc1ccc(NC(=O)c2cn(C(C)(C)C)c3ncnc(N)c23)cc1Cl. The molecule has 3 rings (SSSR count). The Bertz CT molecular complexity index is 1010. The van der Waals surface area contributed by atoms with E-state index in [0.717, 1.165) is 5.56 Å². The zero-order valence-corrected chi connectivity index (χ0v) is 16.5. The van der Waals surface area contributed by atoms with Crippen molar-refractivity contribution >= 4 is 40.0 Å². The third-order valence-corrected chi connectivity index (χ3v) is 4.54. The van der Waals surface area contributed by atoms with Gasteiger partial charge in [-0.2, -0.15) is 0 Å². The van der Waals surface area contributed by atoms with Crippen molar-refractivity contribution in [2.75, 3.05) is 18.2 Å². The molecule has 27 heavy (non-hydrogen) atoms. The molecule has 3 aromatic rings. The zero-order valence-electron chi connectivity index (χ0n) is 15.7. The number of carbonyl (C=O) groups excluding carboxylic acids is 1. The first kappa shape index (κ1) is 19.1. The molecule has 0 bridgehead atoms. The number of carbonyl (C=O) groups is 1. The van der Waals surface area contributed by atoms with Crippen LogP contribution in [0.1, 0.15) is 36.7 Å². The highest BCUT2D eigenvalue weighted by atomic mass is 35.5. The van der Waals surface area contributed by atoms with Crippen LogP contribution in [0.3, 0.4) is 0 Å². The van der Waals surface area contributed by atoms with Crippen molar-refractivity contribution in [3.05, 3.63) is 46.9 Å². The maximum atomic E-state index is 12.9. The van der Waals surface area contributed by atoms with Gasteiger partial charge in [-0.05, 0) is 38.5 Å². The van der Waals surface area contributed by atoms with Gasteiger partial charge < -0.3 is 20.4 Å². The Kier molecular flexibility index (Phi) is 5.08. The number of methoxy groups -OCH3 is 1. The van der Waals surface area contributed by atoms with Crippen LogP contribution in [0, 0.1) is 0 Å².